The fourth-order valence-corrected chi connectivity index (χ4v) is 2.23. The number of anilines is 1. The predicted molar refractivity (Wildman–Crippen MR) is 72.0 cm³/mol. The van der Waals surface area contributed by atoms with E-state index in [0.29, 0.717) is 6.42 Å². The van der Waals surface area contributed by atoms with Crippen LogP contribution in [0.2, 0.25) is 0 Å². The molecular weight excluding hydrogens is 226 g/mol. The van der Waals surface area contributed by atoms with Crippen molar-refractivity contribution in [3.63, 3.8) is 0 Å². The van der Waals surface area contributed by atoms with Gasteiger partial charge in [-0.15, -0.1) is 0 Å². The van der Waals surface area contributed by atoms with Gasteiger partial charge >= 0.3 is 0 Å². The molecule has 0 aliphatic carbocycles. The summed E-state index contributed by atoms with van der Waals surface area (Å²) in [6.07, 6.45) is 1.25. The van der Waals surface area contributed by atoms with Crippen LogP contribution in [-0.2, 0) is 11.2 Å². The van der Waals surface area contributed by atoms with Crippen molar-refractivity contribution < 1.29 is 9.59 Å². The minimum atomic E-state index is -0.370. The van der Waals surface area contributed by atoms with Crippen molar-refractivity contribution in [1.29, 1.82) is 0 Å². The van der Waals surface area contributed by atoms with Gasteiger partial charge in [-0.25, -0.2) is 0 Å². The van der Waals surface area contributed by atoms with Crippen LogP contribution in [0, 0.1) is 5.41 Å². The third-order valence-corrected chi connectivity index (χ3v) is 3.37. The van der Waals surface area contributed by atoms with Crippen molar-refractivity contribution in [2.45, 2.75) is 33.6 Å². The van der Waals surface area contributed by atoms with Gasteiger partial charge in [0.05, 0.1) is 0 Å². The Morgan fingerprint density at radius 3 is 2.50 bits per heavy atom. The standard InChI is InChI=1S/C15H19NO2/c1-15(2,3)14(18)11-5-7-12-10(9-11)6-8-13(17)16(12)4/h5,7,9H,6,8H2,1-4H3. The molecule has 1 heterocycles. The number of hydrogen-bond acceptors (Lipinski definition) is 2. The highest BCUT2D eigenvalue weighted by Crippen LogP contribution is 2.29. The maximum Gasteiger partial charge on any atom is 0.227 e. The molecule has 0 radical (unpaired) electrons. The van der Waals surface area contributed by atoms with Crippen molar-refractivity contribution in [1.82, 2.24) is 0 Å². The molecular formula is C15H19NO2. The zero-order valence-corrected chi connectivity index (χ0v) is 11.4. The number of Topliss-reactive ketones (excluding diaryl/α,β-unsaturated/α-hetero) is 1. The Labute approximate surface area is 108 Å². The highest BCUT2D eigenvalue weighted by atomic mass is 16.2. The summed E-state index contributed by atoms with van der Waals surface area (Å²) in [6, 6.07) is 5.64. The van der Waals surface area contributed by atoms with Crippen LogP contribution < -0.4 is 4.90 Å². The van der Waals surface area contributed by atoms with Crippen molar-refractivity contribution in [3.05, 3.63) is 29.3 Å². The van der Waals surface area contributed by atoms with Gasteiger partial charge in [0.25, 0.3) is 0 Å². The van der Waals surface area contributed by atoms with E-state index in [0.717, 1.165) is 23.2 Å². The number of benzene rings is 1. The molecule has 0 aromatic heterocycles. The molecule has 1 aromatic carbocycles. The molecule has 18 heavy (non-hydrogen) atoms. The van der Waals surface area contributed by atoms with E-state index in [2.05, 4.69) is 0 Å². The van der Waals surface area contributed by atoms with Crippen LogP contribution in [0.3, 0.4) is 0 Å². The Morgan fingerprint density at radius 1 is 1.22 bits per heavy atom. The van der Waals surface area contributed by atoms with Crippen LogP contribution in [0.4, 0.5) is 5.69 Å². The number of nitrogens with zero attached hydrogens (tertiary/aromatic N) is 1. The first-order valence-corrected chi connectivity index (χ1v) is 6.25. The highest BCUT2D eigenvalue weighted by Gasteiger charge is 2.26. The topological polar surface area (TPSA) is 37.4 Å². The van der Waals surface area contributed by atoms with Crippen LogP contribution in [0.15, 0.2) is 18.2 Å². The number of carbonyl (C=O) groups excluding carboxylic acids is 2. The normalized spacial score (nSPS) is 15.6. The quantitative estimate of drug-likeness (QED) is 0.713. The minimum absolute atomic E-state index is 0.136. The van der Waals surface area contributed by atoms with Gasteiger partial charge in [-0.05, 0) is 30.2 Å². The van der Waals surface area contributed by atoms with E-state index < -0.39 is 0 Å². The van der Waals surface area contributed by atoms with E-state index in [1.54, 1.807) is 11.9 Å². The van der Waals surface area contributed by atoms with Crippen LogP contribution in [0.1, 0.15) is 43.1 Å². The number of carbonyl (C=O) groups is 2. The first kappa shape index (κ1) is 12.8. The van der Waals surface area contributed by atoms with E-state index in [1.807, 2.05) is 39.0 Å². The van der Waals surface area contributed by atoms with Gasteiger partial charge in [-0.2, -0.15) is 0 Å². The zero-order chi connectivity index (χ0) is 13.5. The third-order valence-electron chi connectivity index (χ3n) is 3.37. The van der Waals surface area contributed by atoms with Gasteiger partial charge in [0.2, 0.25) is 5.91 Å². The Kier molecular flexibility index (Phi) is 3.01. The summed E-state index contributed by atoms with van der Waals surface area (Å²) in [5.74, 6) is 0.280. The molecule has 1 aliphatic heterocycles. The Morgan fingerprint density at radius 2 is 1.89 bits per heavy atom. The highest BCUT2D eigenvalue weighted by molar-refractivity contribution is 6.02. The zero-order valence-electron chi connectivity index (χ0n) is 11.4. The van der Waals surface area contributed by atoms with Gasteiger partial charge in [-0.3, -0.25) is 9.59 Å². The molecule has 0 fully saturated rings. The van der Waals surface area contributed by atoms with Gasteiger partial charge < -0.3 is 4.90 Å². The summed E-state index contributed by atoms with van der Waals surface area (Å²) < 4.78 is 0. The number of amides is 1. The molecule has 0 unspecified atom stereocenters. The van der Waals surface area contributed by atoms with Gasteiger partial charge in [-0.1, -0.05) is 20.8 Å². The first-order chi connectivity index (χ1) is 8.30. The largest absolute Gasteiger partial charge is 0.315 e. The van der Waals surface area contributed by atoms with Crippen LogP contribution in [0.5, 0.6) is 0 Å². The number of aryl methyl sites for hydroxylation is 1. The second kappa shape index (κ2) is 4.23. The maximum absolute atomic E-state index is 12.2. The number of hydrogen-bond donors (Lipinski definition) is 0. The lowest BCUT2D eigenvalue weighted by Crippen LogP contribution is -2.31. The molecule has 0 atom stereocenters. The van der Waals surface area contributed by atoms with Crippen molar-refractivity contribution in [2.24, 2.45) is 5.41 Å². The molecule has 0 N–H and O–H groups in total. The molecule has 0 saturated carbocycles. The van der Waals surface area contributed by atoms with Gasteiger partial charge in [0, 0.05) is 30.1 Å². The monoisotopic (exact) mass is 245 g/mol. The van der Waals surface area contributed by atoms with Crippen LogP contribution >= 0.6 is 0 Å². The third kappa shape index (κ3) is 2.17. The smallest absolute Gasteiger partial charge is 0.227 e. The van der Waals surface area contributed by atoms with E-state index in [-0.39, 0.29) is 17.1 Å². The van der Waals surface area contributed by atoms with E-state index in [1.165, 1.54) is 0 Å². The molecule has 0 bridgehead atoms. The fourth-order valence-electron chi connectivity index (χ4n) is 2.23. The lowest BCUT2D eigenvalue weighted by molar-refractivity contribution is -0.118. The minimum Gasteiger partial charge on any atom is -0.315 e. The number of rotatable bonds is 1. The molecule has 1 aromatic rings. The van der Waals surface area contributed by atoms with Gasteiger partial charge in [0.1, 0.15) is 0 Å². The van der Waals surface area contributed by atoms with Crippen molar-refractivity contribution in [2.75, 3.05) is 11.9 Å². The summed E-state index contributed by atoms with van der Waals surface area (Å²) >= 11 is 0. The van der Waals surface area contributed by atoms with Crippen molar-refractivity contribution in [3.8, 4) is 0 Å². The van der Waals surface area contributed by atoms with Crippen molar-refractivity contribution >= 4 is 17.4 Å². The van der Waals surface area contributed by atoms with E-state index >= 15 is 0 Å². The maximum atomic E-state index is 12.2. The lowest BCUT2D eigenvalue weighted by atomic mass is 9.85. The Hall–Kier alpha value is -1.64. The second-order valence-electron chi connectivity index (χ2n) is 5.88. The van der Waals surface area contributed by atoms with Gasteiger partial charge in [0.15, 0.2) is 5.78 Å². The molecule has 1 aliphatic rings. The molecule has 1 amide bonds. The van der Waals surface area contributed by atoms with E-state index in [4.69, 9.17) is 0 Å². The lowest BCUT2D eigenvalue weighted by Gasteiger charge is -2.26. The summed E-state index contributed by atoms with van der Waals surface area (Å²) in [5.41, 5.74) is 2.39. The Bertz CT molecular complexity index is 512. The average molecular weight is 245 g/mol. The summed E-state index contributed by atoms with van der Waals surface area (Å²) in [7, 11) is 1.78. The molecule has 2 rings (SSSR count). The van der Waals surface area contributed by atoms with E-state index in [9.17, 15) is 9.59 Å². The molecule has 3 nitrogen and oxygen atoms in total. The number of fused-ring (bicyclic) bond motifs is 1. The molecule has 0 saturated heterocycles. The van der Waals surface area contributed by atoms with Crippen LogP contribution in [-0.4, -0.2) is 18.7 Å². The summed E-state index contributed by atoms with van der Waals surface area (Å²) in [4.78, 5) is 25.5. The summed E-state index contributed by atoms with van der Waals surface area (Å²) in [5, 5.41) is 0. The van der Waals surface area contributed by atoms with Crippen LogP contribution in [0.25, 0.3) is 0 Å². The molecule has 96 valence electrons. The second-order valence-corrected chi connectivity index (χ2v) is 5.88. The molecule has 0 spiro atoms. The first-order valence-electron chi connectivity index (χ1n) is 6.25. The summed E-state index contributed by atoms with van der Waals surface area (Å²) in [6.45, 7) is 5.76. The fraction of sp³-hybridized carbons (Fsp3) is 0.467. The predicted octanol–water partition coefficient (Wildman–Crippen LogP) is 2.82. The number of ketones is 1. The SMILES string of the molecule is CN1C(=O)CCc2cc(C(=O)C(C)(C)C)ccc21. The molecule has 3 heteroatoms. The Balaban J connectivity index is 2.40. The average Bonchev–Trinajstić information content (AvgIpc) is 2.31.